The van der Waals surface area contributed by atoms with Crippen LogP contribution >= 0.6 is 0 Å². The lowest BCUT2D eigenvalue weighted by molar-refractivity contribution is -0.139. The molecule has 0 aliphatic rings. The summed E-state index contributed by atoms with van der Waals surface area (Å²) in [4.78, 5) is 27.9. The number of aryl methyl sites for hydroxylation is 3. The number of amides is 2. The monoisotopic (exact) mass is 567 g/mol. The van der Waals surface area contributed by atoms with Gasteiger partial charge in [0.25, 0.3) is 10.0 Å². The van der Waals surface area contributed by atoms with E-state index in [1.165, 1.54) is 44.4 Å². The zero-order valence-electron chi connectivity index (χ0n) is 24.0. The molecular weight excluding hydrogens is 530 g/mol. The minimum atomic E-state index is -4.26. The fourth-order valence-electron chi connectivity index (χ4n) is 4.53. The van der Waals surface area contributed by atoms with Gasteiger partial charge in [-0.25, -0.2) is 8.42 Å². The Morgan fingerprint density at radius 1 is 0.875 bits per heavy atom. The average Bonchev–Trinajstić information content (AvgIpc) is 2.92. The van der Waals surface area contributed by atoms with Crippen molar-refractivity contribution in [3.05, 3.63) is 82.9 Å². The van der Waals surface area contributed by atoms with Crippen molar-refractivity contribution in [1.82, 2.24) is 10.2 Å². The van der Waals surface area contributed by atoms with Crippen LogP contribution in [0.15, 0.2) is 65.6 Å². The molecule has 3 aromatic carbocycles. The number of methoxy groups -OCH3 is 2. The highest BCUT2D eigenvalue weighted by atomic mass is 32.2. The minimum absolute atomic E-state index is 0.0679. The summed E-state index contributed by atoms with van der Waals surface area (Å²) in [7, 11) is 0.123. The smallest absolute Gasteiger partial charge is 0.264 e. The van der Waals surface area contributed by atoms with E-state index in [0.29, 0.717) is 11.4 Å². The third kappa shape index (κ3) is 6.93. The number of hydrogen-bond donors (Lipinski definition) is 1. The summed E-state index contributed by atoms with van der Waals surface area (Å²) >= 11 is 0. The molecule has 3 rings (SSSR count). The van der Waals surface area contributed by atoms with Gasteiger partial charge in [0.2, 0.25) is 11.8 Å². The summed E-state index contributed by atoms with van der Waals surface area (Å²) in [6.07, 6.45) is 0. The first-order chi connectivity index (χ1) is 18.9. The van der Waals surface area contributed by atoms with Gasteiger partial charge in [0.05, 0.1) is 24.8 Å². The number of nitrogens with zero attached hydrogens (tertiary/aromatic N) is 2. The molecule has 1 N–H and O–H groups in total. The highest BCUT2D eigenvalue weighted by molar-refractivity contribution is 7.92. The molecule has 40 heavy (non-hydrogen) atoms. The first kappa shape index (κ1) is 30.5. The molecular formula is C30H37N3O6S. The van der Waals surface area contributed by atoms with E-state index in [2.05, 4.69) is 5.32 Å². The number of ether oxygens (including phenoxy) is 2. The number of rotatable bonds is 11. The molecule has 0 saturated carbocycles. The second-order valence-electron chi connectivity index (χ2n) is 9.68. The van der Waals surface area contributed by atoms with E-state index in [-0.39, 0.29) is 23.1 Å². The van der Waals surface area contributed by atoms with E-state index >= 15 is 0 Å². The molecule has 0 heterocycles. The van der Waals surface area contributed by atoms with Gasteiger partial charge in [-0.2, -0.15) is 0 Å². The SMILES string of the molecule is CNC(=O)[C@H](C)N(Cc1cccc(C)c1)C(=O)CN(c1cc(C)cc(C)c1)S(=O)(=O)c1ccc(OC)c(OC)c1. The van der Waals surface area contributed by atoms with E-state index in [1.54, 1.807) is 19.1 Å². The molecule has 0 fully saturated rings. The first-order valence-corrected chi connectivity index (χ1v) is 14.2. The Bertz CT molecular complexity index is 1470. The quantitative estimate of drug-likeness (QED) is 0.376. The van der Waals surface area contributed by atoms with Crippen molar-refractivity contribution in [1.29, 1.82) is 0 Å². The summed E-state index contributed by atoms with van der Waals surface area (Å²) in [6, 6.07) is 16.4. The second-order valence-corrected chi connectivity index (χ2v) is 11.5. The summed E-state index contributed by atoms with van der Waals surface area (Å²) < 4.78 is 39.9. The first-order valence-electron chi connectivity index (χ1n) is 12.8. The summed E-state index contributed by atoms with van der Waals surface area (Å²) in [6.45, 7) is 6.89. The third-order valence-corrected chi connectivity index (χ3v) is 8.34. The highest BCUT2D eigenvalue weighted by Gasteiger charge is 2.33. The van der Waals surface area contributed by atoms with Gasteiger partial charge in [0.15, 0.2) is 11.5 Å². The highest BCUT2D eigenvalue weighted by Crippen LogP contribution is 2.33. The topological polar surface area (TPSA) is 105 Å². The molecule has 3 aromatic rings. The molecule has 0 radical (unpaired) electrons. The van der Waals surface area contributed by atoms with Crippen LogP contribution in [-0.4, -0.2) is 59.0 Å². The van der Waals surface area contributed by atoms with Crippen LogP contribution in [0.25, 0.3) is 0 Å². The van der Waals surface area contributed by atoms with Crippen molar-refractivity contribution in [3.63, 3.8) is 0 Å². The predicted octanol–water partition coefficient (Wildman–Crippen LogP) is 3.99. The maximum Gasteiger partial charge on any atom is 0.264 e. The van der Waals surface area contributed by atoms with Crippen molar-refractivity contribution >= 4 is 27.5 Å². The molecule has 0 aliphatic heterocycles. The van der Waals surface area contributed by atoms with Gasteiger partial charge in [-0.05, 0) is 68.7 Å². The molecule has 214 valence electrons. The molecule has 9 nitrogen and oxygen atoms in total. The Kier molecular flexibility index (Phi) is 9.81. The minimum Gasteiger partial charge on any atom is -0.493 e. The lowest BCUT2D eigenvalue weighted by Crippen LogP contribution is -2.50. The molecule has 0 saturated heterocycles. The Labute approximate surface area is 236 Å². The van der Waals surface area contributed by atoms with Crippen LogP contribution < -0.4 is 19.1 Å². The number of carbonyl (C=O) groups excluding carboxylic acids is 2. The van der Waals surface area contributed by atoms with Crippen LogP contribution in [-0.2, 0) is 26.2 Å². The molecule has 0 aliphatic carbocycles. The van der Waals surface area contributed by atoms with Crippen molar-refractivity contribution in [2.45, 2.75) is 45.2 Å². The predicted molar refractivity (Wildman–Crippen MR) is 155 cm³/mol. The van der Waals surface area contributed by atoms with Crippen molar-refractivity contribution in [2.24, 2.45) is 0 Å². The van der Waals surface area contributed by atoms with Crippen LogP contribution in [0.5, 0.6) is 11.5 Å². The second kappa shape index (κ2) is 12.9. The standard InChI is InChI=1S/C30H37N3O6S/c1-20-9-8-10-24(14-20)18-32(23(4)30(35)31-5)29(34)19-33(25-15-21(2)13-22(3)16-25)40(36,37)26-11-12-27(38-6)28(17-26)39-7/h8-17,23H,18-19H2,1-7H3,(H,31,35)/t23-/m0/s1. The van der Waals surface area contributed by atoms with E-state index in [1.807, 2.05) is 51.1 Å². The maximum absolute atomic E-state index is 14.1. The van der Waals surface area contributed by atoms with Crippen LogP contribution in [0.2, 0.25) is 0 Å². The summed E-state index contributed by atoms with van der Waals surface area (Å²) in [5.41, 5.74) is 3.84. The number of anilines is 1. The van der Waals surface area contributed by atoms with Crippen molar-refractivity contribution < 1.29 is 27.5 Å². The molecule has 10 heteroatoms. The van der Waals surface area contributed by atoms with Gasteiger partial charge in [0, 0.05) is 19.7 Å². The zero-order valence-corrected chi connectivity index (χ0v) is 24.8. The summed E-state index contributed by atoms with van der Waals surface area (Å²) in [5.74, 6) is -0.272. The van der Waals surface area contributed by atoms with Crippen LogP contribution in [0.3, 0.4) is 0 Å². The van der Waals surface area contributed by atoms with Crippen molar-refractivity contribution in [2.75, 3.05) is 32.1 Å². The number of hydrogen-bond acceptors (Lipinski definition) is 6. The number of carbonyl (C=O) groups is 2. The van der Waals surface area contributed by atoms with Crippen LogP contribution in [0.1, 0.15) is 29.2 Å². The maximum atomic E-state index is 14.1. The lowest BCUT2D eigenvalue weighted by atomic mass is 10.1. The zero-order chi connectivity index (χ0) is 29.6. The van der Waals surface area contributed by atoms with Gasteiger partial charge in [-0.3, -0.25) is 13.9 Å². The van der Waals surface area contributed by atoms with Crippen LogP contribution in [0.4, 0.5) is 5.69 Å². The van der Waals surface area contributed by atoms with Crippen LogP contribution in [0, 0.1) is 20.8 Å². The molecule has 2 amide bonds. The normalized spacial score (nSPS) is 11.9. The Hall–Kier alpha value is -4.05. The largest absolute Gasteiger partial charge is 0.493 e. The van der Waals surface area contributed by atoms with Gasteiger partial charge in [0.1, 0.15) is 12.6 Å². The Balaban J connectivity index is 2.11. The van der Waals surface area contributed by atoms with E-state index in [4.69, 9.17) is 9.47 Å². The molecule has 0 aromatic heterocycles. The number of nitrogens with one attached hydrogen (secondary N) is 1. The molecule has 0 spiro atoms. The number of likely N-dealkylation sites (N-methyl/N-ethyl adjacent to an activating group) is 1. The third-order valence-electron chi connectivity index (χ3n) is 6.57. The van der Waals surface area contributed by atoms with E-state index in [9.17, 15) is 18.0 Å². The van der Waals surface area contributed by atoms with Gasteiger partial charge < -0.3 is 19.7 Å². The fraction of sp³-hybridized carbons (Fsp3) is 0.333. The van der Waals surface area contributed by atoms with Gasteiger partial charge in [-0.15, -0.1) is 0 Å². The van der Waals surface area contributed by atoms with E-state index < -0.39 is 28.5 Å². The summed E-state index contributed by atoms with van der Waals surface area (Å²) in [5, 5.41) is 2.59. The van der Waals surface area contributed by atoms with Gasteiger partial charge in [-0.1, -0.05) is 35.9 Å². The van der Waals surface area contributed by atoms with E-state index in [0.717, 1.165) is 26.6 Å². The Morgan fingerprint density at radius 3 is 2.10 bits per heavy atom. The molecule has 0 unspecified atom stereocenters. The molecule has 0 bridgehead atoms. The lowest BCUT2D eigenvalue weighted by Gasteiger charge is -2.32. The molecule has 1 atom stereocenters. The Morgan fingerprint density at radius 2 is 1.52 bits per heavy atom. The average molecular weight is 568 g/mol. The fourth-order valence-corrected chi connectivity index (χ4v) is 5.94. The van der Waals surface area contributed by atoms with Crippen molar-refractivity contribution in [3.8, 4) is 11.5 Å². The number of benzene rings is 3. The van der Waals surface area contributed by atoms with Gasteiger partial charge >= 0.3 is 0 Å². The number of sulfonamides is 1.